The fraction of sp³-hybridized carbons (Fsp3) is 0.333. The average Bonchev–Trinajstić information content (AvgIpc) is 2.66. The predicted octanol–water partition coefficient (Wildman–Crippen LogP) is 3.22. The van der Waals surface area contributed by atoms with E-state index in [-0.39, 0.29) is 11.8 Å². The van der Waals surface area contributed by atoms with E-state index in [1.807, 2.05) is 44.1 Å². The molecule has 6 heteroatoms. The second-order valence-electron chi connectivity index (χ2n) is 6.53. The van der Waals surface area contributed by atoms with Crippen molar-refractivity contribution >= 4 is 23.2 Å². The molecule has 2 aromatic rings. The van der Waals surface area contributed by atoms with Crippen molar-refractivity contribution in [2.24, 2.45) is 0 Å². The zero-order chi connectivity index (χ0) is 19.8. The molecule has 0 aliphatic heterocycles. The number of nitrogens with zero attached hydrogens (tertiary/aromatic N) is 1. The van der Waals surface area contributed by atoms with E-state index in [1.165, 1.54) is 0 Å². The van der Waals surface area contributed by atoms with Gasteiger partial charge in [-0.3, -0.25) is 9.59 Å². The molecule has 0 unspecified atom stereocenters. The van der Waals surface area contributed by atoms with Crippen LogP contribution >= 0.6 is 0 Å². The van der Waals surface area contributed by atoms with E-state index in [1.54, 1.807) is 31.4 Å². The minimum absolute atomic E-state index is 0.0607. The number of aryl methyl sites for hydroxylation is 1. The Hall–Kier alpha value is -3.02. The van der Waals surface area contributed by atoms with Crippen LogP contribution in [-0.4, -0.2) is 39.6 Å². The van der Waals surface area contributed by atoms with Crippen molar-refractivity contribution in [3.05, 3.63) is 53.6 Å². The van der Waals surface area contributed by atoms with Gasteiger partial charge in [-0.25, -0.2) is 0 Å². The van der Waals surface area contributed by atoms with Crippen molar-refractivity contribution in [1.82, 2.24) is 5.32 Å². The molecule has 0 saturated heterocycles. The Balaban J connectivity index is 1.75. The third-order valence-corrected chi connectivity index (χ3v) is 4.22. The molecule has 2 N–H and O–H groups in total. The number of nitrogens with one attached hydrogen (secondary N) is 2. The van der Waals surface area contributed by atoms with Crippen LogP contribution in [0.25, 0.3) is 0 Å². The molecule has 0 spiro atoms. The summed E-state index contributed by atoms with van der Waals surface area (Å²) in [6.07, 6.45) is 0.917. The molecule has 6 nitrogen and oxygen atoms in total. The van der Waals surface area contributed by atoms with Gasteiger partial charge in [-0.05, 0) is 61.4 Å². The summed E-state index contributed by atoms with van der Waals surface area (Å²) in [6.45, 7) is 2.41. The van der Waals surface area contributed by atoms with Crippen molar-refractivity contribution in [2.45, 2.75) is 19.8 Å². The van der Waals surface area contributed by atoms with Gasteiger partial charge in [0, 0.05) is 44.0 Å². The lowest BCUT2D eigenvalue weighted by atomic mass is 10.1. The molecular formula is C21H27N3O3. The lowest BCUT2D eigenvalue weighted by molar-refractivity contribution is -0.116. The summed E-state index contributed by atoms with van der Waals surface area (Å²) in [7, 11) is 5.54. The number of carbonyl (C=O) groups is 2. The van der Waals surface area contributed by atoms with Crippen LogP contribution in [0.5, 0.6) is 5.75 Å². The number of anilines is 2. The number of carbonyl (C=O) groups excluding carboxylic acids is 2. The monoisotopic (exact) mass is 369 g/mol. The maximum absolute atomic E-state index is 12.1. The number of amides is 2. The molecule has 0 aliphatic rings. The van der Waals surface area contributed by atoms with Gasteiger partial charge in [-0.1, -0.05) is 0 Å². The Morgan fingerprint density at radius 2 is 1.78 bits per heavy atom. The Kier molecular flexibility index (Phi) is 7.23. The molecule has 27 heavy (non-hydrogen) atoms. The molecule has 0 fully saturated rings. The first-order chi connectivity index (χ1) is 12.9. The van der Waals surface area contributed by atoms with Crippen LogP contribution in [0.1, 0.15) is 28.8 Å². The van der Waals surface area contributed by atoms with Gasteiger partial charge in [-0.2, -0.15) is 0 Å². The van der Waals surface area contributed by atoms with Gasteiger partial charge in [0.15, 0.2) is 0 Å². The molecule has 0 bridgehead atoms. The largest absolute Gasteiger partial charge is 0.497 e. The average molecular weight is 369 g/mol. The summed E-state index contributed by atoms with van der Waals surface area (Å²) in [4.78, 5) is 26.2. The van der Waals surface area contributed by atoms with Gasteiger partial charge in [0.05, 0.1) is 7.11 Å². The molecule has 0 aliphatic carbocycles. The molecule has 0 radical (unpaired) electrons. The van der Waals surface area contributed by atoms with E-state index in [2.05, 4.69) is 10.6 Å². The third-order valence-electron chi connectivity index (χ3n) is 4.22. The maximum atomic E-state index is 12.1. The van der Waals surface area contributed by atoms with E-state index < -0.39 is 0 Å². The molecule has 0 aromatic heterocycles. The quantitative estimate of drug-likeness (QED) is 0.701. The minimum atomic E-state index is -0.159. The summed E-state index contributed by atoms with van der Waals surface area (Å²) >= 11 is 0. The van der Waals surface area contributed by atoms with Gasteiger partial charge in [-0.15, -0.1) is 0 Å². The molecular weight excluding hydrogens is 342 g/mol. The summed E-state index contributed by atoms with van der Waals surface area (Å²) in [5.74, 6) is 0.486. The number of ether oxygens (including phenoxy) is 1. The Morgan fingerprint density at radius 3 is 2.37 bits per heavy atom. The molecule has 2 rings (SSSR count). The Morgan fingerprint density at radius 1 is 1.07 bits per heavy atom. The first kappa shape index (κ1) is 20.3. The van der Waals surface area contributed by atoms with Crippen molar-refractivity contribution in [2.75, 3.05) is 38.0 Å². The molecule has 0 heterocycles. The summed E-state index contributed by atoms with van der Waals surface area (Å²) in [5, 5.41) is 5.75. The second-order valence-corrected chi connectivity index (χ2v) is 6.53. The van der Waals surface area contributed by atoms with E-state index in [0.717, 1.165) is 16.9 Å². The second kappa shape index (κ2) is 9.62. The lowest BCUT2D eigenvalue weighted by Crippen LogP contribution is -2.25. The number of methoxy groups -OCH3 is 1. The zero-order valence-electron chi connectivity index (χ0n) is 16.3. The smallest absolute Gasteiger partial charge is 0.251 e. The van der Waals surface area contributed by atoms with Crippen LogP contribution in [0.15, 0.2) is 42.5 Å². The van der Waals surface area contributed by atoms with E-state index >= 15 is 0 Å². The fourth-order valence-corrected chi connectivity index (χ4v) is 2.57. The lowest BCUT2D eigenvalue weighted by Gasteiger charge is -2.15. The highest BCUT2D eigenvalue weighted by Gasteiger charge is 2.08. The van der Waals surface area contributed by atoms with Crippen molar-refractivity contribution in [3.63, 3.8) is 0 Å². The van der Waals surface area contributed by atoms with Crippen LogP contribution in [0.2, 0.25) is 0 Å². The van der Waals surface area contributed by atoms with Crippen molar-refractivity contribution in [1.29, 1.82) is 0 Å². The first-order valence-corrected chi connectivity index (χ1v) is 8.91. The van der Waals surface area contributed by atoms with Crippen LogP contribution in [0, 0.1) is 6.92 Å². The highest BCUT2D eigenvalue weighted by molar-refractivity contribution is 5.94. The van der Waals surface area contributed by atoms with Crippen molar-refractivity contribution in [3.8, 4) is 5.75 Å². The van der Waals surface area contributed by atoms with Crippen LogP contribution in [-0.2, 0) is 4.79 Å². The number of hydrogen-bond donors (Lipinski definition) is 2. The number of benzene rings is 2. The van der Waals surface area contributed by atoms with E-state index in [4.69, 9.17) is 4.74 Å². The maximum Gasteiger partial charge on any atom is 0.251 e. The number of rotatable bonds is 8. The summed E-state index contributed by atoms with van der Waals surface area (Å²) < 4.78 is 5.07. The molecule has 144 valence electrons. The van der Waals surface area contributed by atoms with Gasteiger partial charge in [0.1, 0.15) is 5.75 Å². The standard InChI is InChI=1S/C21H27N3O3/c1-15-14-17(24(2)3)9-12-19(15)23-20(25)6-5-13-22-21(26)16-7-10-18(27-4)11-8-16/h7-12,14H,5-6,13H2,1-4H3,(H,22,26)(H,23,25). The fourth-order valence-electron chi connectivity index (χ4n) is 2.57. The van der Waals surface area contributed by atoms with Crippen LogP contribution < -0.4 is 20.3 Å². The first-order valence-electron chi connectivity index (χ1n) is 8.91. The van der Waals surface area contributed by atoms with Crippen LogP contribution in [0.4, 0.5) is 11.4 Å². The topological polar surface area (TPSA) is 70.7 Å². The zero-order valence-corrected chi connectivity index (χ0v) is 16.3. The van der Waals surface area contributed by atoms with Crippen molar-refractivity contribution < 1.29 is 14.3 Å². The van der Waals surface area contributed by atoms with E-state index in [9.17, 15) is 9.59 Å². The van der Waals surface area contributed by atoms with Gasteiger partial charge < -0.3 is 20.3 Å². The van der Waals surface area contributed by atoms with Gasteiger partial charge in [0.2, 0.25) is 5.91 Å². The van der Waals surface area contributed by atoms with Crippen LogP contribution in [0.3, 0.4) is 0 Å². The molecule has 2 amide bonds. The molecule has 0 saturated carbocycles. The Bertz CT molecular complexity index is 786. The SMILES string of the molecule is COc1ccc(C(=O)NCCCC(=O)Nc2ccc(N(C)C)cc2C)cc1. The number of hydrogen-bond acceptors (Lipinski definition) is 4. The molecule has 0 atom stereocenters. The minimum Gasteiger partial charge on any atom is -0.497 e. The van der Waals surface area contributed by atoms with Gasteiger partial charge >= 0.3 is 0 Å². The summed E-state index contributed by atoms with van der Waals surface area (Å²) in [5.41, 5.74) is 3.49. The van der Waals surface area contributed by atoms with Gasteiger partial charge in [0.25, 0.3) is 5.91 Å². The van der Waals surface area contributed by atoms with E-state index in [0.29, 0.717) is 30.7 Å². The predicted molar refractivity (Wildman–Crippen MR) is 109 cm³/mol. The molecule has 2 aromatic carbocycles. The normalized spacial score (nSPS) is 10.2. The third kappa shape index (κ3) is 6.02. The summed E-state index contributed by atoms with van der Waals surface area (Å²) in [6, 6.07) is 12.8. The highest BCUT2D eigenvalue weighted by Crippen LogP contribution is 2.21. The highest BCUT2D eigenvalue weighted by atomic mass is 16.5. The Labute approximate surface area is 160 Å².